The van der Waals surface area contributed by atoms with Crippen LogP contribution in [0.5, 0.6) is 0 Å². The molecule has 1 aromatic heterocycles. The number of benzene rings is 1. The molecule has 0 bridgehead atoms. The minimum atomic E-state index is 0.656. The number of halogens is 1. The van der Waals surface area contributed by atoms with Crippen LogP contribution in [0.25, 0.3) is 5.69 Å². The van der Waals surface area contributed by atoms with Crippen LogP contribution in [0.1, 0.15) is 11.3 Å². The molecule has 0 aliphatic heterocycles. The maximum atomic E-state index is 6.12. The number of hydrogen-bond acceptors (Lipinski definition) is 1. The first kappa shape index (κ1) is 11.2. The van der Waals surface area contributed by atoms with Gasteiger partial charge in [0.25, 0.3) is 0 Å². The molecule has 0 radical (unpaired) electrons. The molecule has 0 aliphatic rings. The Morgan fingerprint density at radius 2 is 2.06 bits per heavy atom. The van der Waals surface area contributed by atoms with Gasteiger partial charge >= 0.3 is 0 Å². The van der Waals surface area contributed by atoms with Crippen LogP contribution in [0.15, 0.2) is 36.5 Å². The fourth-order valence-electron chi connectivity index (χ4n) is 1.86. The third-order valence-corrected chi connectivity index (χ3v) is 3.14. The highest BCUT2D eigenvalue weighted by atomic mass is 35.5. The normalized spacial score (nSPS) is 10.7. The van der Waals surface area contributed by atoms with E-state index in [0.29, 0.717) is 6.54 Å². The fraction of sp³-hybridized carbons (Fsp3) is 0.231. The smallest absolute Gasteiger partial charge is 0.0496 e. The van der Waals surface area contributed by atoms with Crippen LogP contribution < -0.4 is 5.73 Å². The van der Waals surface area contributed by atoms with Crippen LogP contribution >= 0.6 is 11.6 Å². The van der Waals surface area contributed by atoms with E-state index in [2.05, 4.69) is 16.7 Å². The van der Waals surface area contributed by atoms with Gasteiger partial charge in [0, 0.05) is 29.0 Å². The van der Waals surface area contributed by atoms with Crippen molar-refractivity contribution in [2.75, 3.05) is 6.54 Å². The van der Waals surface area contributed by atoms with Crippen LogP contribution in [0.4, 0.5) is 0 Å². The van der Waals surface area contributed by atoms with E-state index < -0.39 is 0 Å². The SMILES string of the molecule is Cc1c(Cl)cccc1-n1cccc1CCN. The van der Waals surface area contributed by atoms with Crippen molar-refractivity contribution in [1.82, 2.24) is 4.57 Å². The summed E-state index contributed by atoms with van der Waals surface area (Å²) in [7, 11) is 0. The van der Waals surface area contributed by atoms with Gasteiger partial charge in [0.2, 0.25) is 0 Å². The molecule has 2 N–H and O–H groups in total. The predicted octanol–water partition coefficient (Wildman–Crippen LogP) is 2.94. The first-order chi connectivity index (χ1) is 7.74. The fourth-order valence-corrected chi connectivity index (χ4v) is 2.03. The molecule has 0 fully saturated rings. The van der Waals surface area contributed by atoms with E-state index in [9.17, 15) is 0 Å². The van der Waals surface area contributed by atoms with Crippen molar-refractivity contribution in [3.63, 3.8) is 0 Å². The van der Waals surface area contributed by atoms with Gasteiger partial charge in [-0.2, -0.15) is 0 Å². The zero-order valence-corrected chi connectivity index (χ0v) is 10.0. The summed E-state index contributed by atoms with van der Waals surface area (Å²) in [6.45, 7) is 2.69. The zero-order chi connectivity index (χ0) is 11.5. The number of aromatic nitrogens is 1. The first-order valence-electron chi connectivity index (χ1n) is 5.36. The monoisotopic (exact) mass is 234 g/mol. The summed E-state index contributed by atoms with van der Waals surface area (Å²) >= 11 is 6.12. The van der Waals surface area contributed by atoms with Crippen LogP contribution in [0, 0.1) is 6.92 Å². The van der Waals surface area contributed by atoms with E-state index in [-0.39, 0.29) is 0 Å². The number of rotatable bonds is 3. The van der Waals surface area contributed by atoms with E-state index in [1.807, 2.05) is 31.3 Å². The second-order valence-electron chi connectivity index (χ2n) is 3.79. The second-order valence-corrected chi connectivity index (χ2v) is 4.20. The highest BCUT2D eigenvalue weighted by Gasteiger charge is 2.06. The Balaban J connectivity index is 2.50. The molecule has 0 saturated heterocycles. The molecular formula is C13H15ClN2. The van der Waals surface area contributed by atoms with Gasteiger partial charge in [-0.3, -0.25) is 0 Å². The molecule has 0 spiro atoms. The van der Waals surface area contributed by atoms with Gasteiger partial charge in [-0.15, -0.1) is 0 Å². The lowest BCUT2D eigenvalue weighted by Crippen LogP contribution is -2.08. The highest BCUT2D eigenvalue weighted by molar-refractivity contribution is 6.31. The molecule has 0 unspecified atom stereocenters. The average molecular weight is 235 g/mol. The Morgan fingerprint density at radius 3 is 2.81 bits per heavy atom. The van der Waals surface area contributed by atoms with Crippen molar-refractivity contribution in [2.45, 2.75) is 13.3 Å². The molecule has 1 aromatic carbocycles. The van der Waals surface area contributed by atoms with Crippen molar-refractivity contribution in [3.8, 4) is 5.69 Å². The summed E-state index contributed by atoms with van der Waals surface area (Å²) < 4.78 is 2.15. The third-order valence-electron chi connectivity index (χ3n) is 2.73. The van der Waals surface area contributed by atoms with Gasteiger partial charge in [-0.25, -0.2) is 0 Å². The van der Waals surface area contributed by atoms with Gasteiger partial charge < -0.3 is 10.3 Å². The molecule has 2 nitrogen and oxygen atoms in total. The van der Waals surface area contributed by atoms with Crippen molar-refractivity contribution >= 4 is 11.6 Å². The molecule has 84 valence electrons. The number of nitrogens with zero attached hydrogens (tertiary/aromatic N) is 1. The van der Waals surface area contributed by atoms with Gasteiger partial charge in [0.15, 0.2) is 0 Å². The first-order valence-corrected chi connectivity index (χ1v) is 5.73. The minimum Gasteiger partial charge on any atom is -0.330 e. The topological polar surface area (TPSA) is 30.9 Å². The predicted molar refractivity (Wildman–Crippen MR) is 68.3 cm³/mol. The molecule has 0 amide bonds. The minimum absolute atomic E-state index is 0.656. The third kappa shape index (κ3) is 1.99. The van der Waals surface area contributed by atoms with Crippen molar-refractivity contribution in [1.29, 1.82) is 0 Å². The molecule has 16 heavy (non-hydrogen) atoms. The lowest BCUT2D eigenvalue weighted by Gasteiger charge is -2.12. The molecular weight excluding hydrogens is 220 g/mol. The summed E-state index contributed by atoms with van der Waals surface area (Å²) in [5.74, 6) is 0. The van der Waals surface area contributed by atoms with E-state index >= 15 is 0 Å². The molecule has 3 heteroatoms. The Bertz CT molecular complexity index is 488. The summed E-state index contributed by atoms with van der Waals surface area (Å²) in [6.07, 6.45) is 2.92. The van der Waals surface area contributed by atoms with Crippen LogP contribution in [0.3, 0.4) is 0 Å². The number of hydrogen-bond donors (Lipinski definition) is 1. The van der Waals surface area contributed by atoms with E-state index in [1.165, 1.54) is 5.69 Å². The molecule has 0 saturated carbocycles. The largest absolute Gasteiger partial charge is 0.330 e. The Labute approximate surface area is 101 Å². The van der Waals surface area contributed by atoms with Gasteiger partial charge in [0.1, 0.15) is 0 Å². The summed E-state index contributed by atoms with van der Waals surface area (Å²) in [6, 6.07) is 10.1. The lowest BCUT2D eigenvalue weighted by atomic mass is 10.2. The lowest BCUT2D eigenvalue weighted by molar-refractivity contribution is 0.871. The van der Waals surface area contributed by atoms with Crippen molar-refractivity contribution < 1.29 is 0 Å². The summed E-state index contributed by atoms with van der Waals surface area (Å²) in [5.41, 5.74) is 9.03. The van der Waals surface area contributed by atoms with Gasteiger partial charge in [0.05, 0.1) is 0 Å². The summed E-state index contributed by atoms with van der Waals surface area (Å²) in [4.78, 5) is 0. The standard InChI is InChI=1S/C13H15ClN2/c1-10-12(14)5-2-6-13(10)16-9-3-4-11(16)7-8-15/h2-6,9H,7-8,15H2,1H3. The van der Waals surface area contributed by atoms with Crippen LogP contribution in [-0.4, -0.2) is 11.1 Å². The van der Waals surface area contributed by atoms with Crippen LogP contribution in [0.2, 0.25) is 5.02 Å². The van der Waals surface area contributed by atoms with E-state index in [1.54, 1.807) is 0 Å². The van der Waals surface area contributed by atoms with Crippen molar-refractivity contribution in [2.24, 2.45) is 5.73 Å². The van der Waals surface area contributed by atoms with Gasteiger partial charge in [-0.1, -0.05) is 17.7 Å². The van der Waals surface area contributed by atoms with E-state index in [4.69, 9.17) is 17.3 Å². The number of nitrogens with two attached hydrogens (primary N) is 1. The van der Waals surface area contributed by atoms with Crippen molar-refractivity contribution in [3.05, 3.63) is 52.8 Å². The zero-order valence-electron chi connectivity index (χ0n) is 9.28. The Hall–Kier alpha value is -1.25. The average Bonchev–Trinajstić information content (AvgIpc) is 2.71. The molecule has 2 rings (SSSR count). The van der Waals surface area contributed by atoms with E-state index in [0.717, 1.165) is 22.7 Å². The maximum absolute atomic E-state index is 6.12. The summed E-state index contributed by atoms with van der Waals surface area (Å²) in [5, 5.41) is 0.796. The highest BCUT2D eigenvalue weighted by Crippen LogP contribution is 2.23. The quantitative estimate of drug-likeness (QED) is 0.870. The Morgan fingerprint density at radius 1 is 1.25 bits per heavy atom. The van der Waals surface area contributed by atoms with Crippen LogP contribution in [-0.2, 0) is 6.42 Å². The molecule has 1 heterocycles. The molecule has 0 aliphatic carbocycles. The Kier molecular flexibility index (Phi) is 3.32. The second kappa shape index (κ2) is 4.73. The molecule has 2 aromatic rings. The molecule has 0 atom stereocenters. The van der Waals surface area contributed by atoms with Gasteiger partial charge in [-0.05, 0) is 43.3 Å². The maximum Gasteiger partial charge on any atom is 0.0496 e.